The lowest BCUT2D eigenvalue weighted by Crippen LogP contribution is -2.52. The lowest BCUT2D eigenvalue weighted by atomic mass is 10.1. The van der Waals surface area contributed by atoms with Crippen LogP contribution < -0.4 is 14.8 Å². The van der Waals surface area contributed by atoms with E-state index in [1.165, 1.54) is 18.0 Å². The van der Waals surface area contributed by atoms with Gasteiger partial charge in [-0.25, -0.2) is 0 Å². The summed E-state index contributed by atoms with van der Waals surface area (Å²) in [6.07, 6.45) is 1.51. The molecule has 2 aromatic rings. The summed E-state index contributed by atoms with van der Waals surface area (Å²) in [5.41, 5.74) is 1.64. The fourth-order valence-corrected chi connectivity index (χ4v) is 3.83. The highest BCUT2D eigenvalue weighted by Gasteiger charge is 2.30. The average Bonchev–Trinajstić information content (AvgIpc) is 2.70. The monoisotopic (exact) mass is 600 g/mol. The van der Waals surface area contributed by atoms with Gasteiger partial charge in [0.2, 0.25) is 0 Å². The number of halogens is 2. The molecule has 3 rings (SSSR count). The molecule has 2 amide bonds. The van der Waals surface area contributed by atoms with Crippen LogP contribution in [0.3, 0.4) is 0 Å². The van der Waals surface area contributed by atoms with Crippen molar-refractivity contribution in [2.45, 2.75) is 13.5 Å². The van der Waals surface area contributed by atoms with Gasteiger partial charge in [0.25, 0.3) is 11.8 Å². The van der Waals surface area contributed by atoms with E-state index in [2.05, 4.69) is 43.8 Å². The summed E-state index contributed by atoms with van der Waals surface area (Å²) < 4.78 is 13.5. The molecule has 1 aliphatic heterocycles. The van der Waals surface area contributed by atoms with Crippen LogP contribution >= 0.6 is 50.7 Å². The van der Waals surface area contributed by atoms with E-state index in [9.17, 15) is 9.59 Å². The molecule has 0 aliphatic carbocycles. The maximum atomic E-state index is 12.4. The molecule has 156 valence electrons. The van der Waals surface area contributed by atoms with Crippen LogP contribution in [-0.2, 0) is 16.2 Å². The Morgan fingerprint density at radius 1 is 1.20 bits per heavy atom. The second-order valence-corrected chi connectivity index (χ2v) is 8.85. The zero-order valence-electron chi connectivity index (χ0n) is 16.2. The minimum atomic E-state index is -0.531. The van der Waals surface area contributed by atoms with E-state index in [0.29, 0.717) is 34.7 Å². The number of benzene rings is 2. The summed E-state index contributed by atoms with van der Waals surface area (Å²) in [6.45, 7) is 2.68. The van der Waals surface area contributed by atoms with Crippen molar-refractivity contribution in [1.82, 2.24) is 10.2 Å². The Morgan fingerprint density at radius 3 is 2.57 bits per heavy atom. The van der Waals surface area contributed by atoms with Gasteiger partial charge in [-0.3, -0.25) is 19.8 Å². The van der Waals surface area contributed by atoms with E-state index in [4.69, 9.17) is 21.7 Å². The number of carbonyl (C=O) groups excluding carboxylic acids is 2. The van der Waals surface area contributed by atoms with Crippen LogP contribution in [0.25, 0.3) is 6.08 Å². The van der Waals surface area contributed by atoms with E-state index < -0.39 is 11.8 Å². The molecule has 0 unspecified atom stereocenters. The number of likely N-dealkylation sites (N-methyl/N-ethyl adjacent to an activating group) is 1. The van der Waals surface area contributed by atoms with Crippen LogP contribution in [-0.4, -0.2) is 35.5 Å². The quantitative estimate of drug-likeness (QED) is 0.232. The zero-order valence-corrected chi connectivity index (χ0v) is 20.8. The van der Waals surface area contributed by atoms with E-state index >= 15 is 0 Å². The van der Waals surface area contributed by atoms with Gasteiger partial charge in [-0.2, -0.15) is 0 Å². The molecule has 1 N–H and O–H groups in total. The first-order chi connectivity index (χ1) is 14.3. The van der Waals surface area contributed by atoms with Gasteiger partial charge < -0.3 is 9.47 Å². The number of hydrogen-bond acceptors (Lipinski definition) is 5. The Balaban J connectivity index is 1.90. The van der Waals surface area contributed by atoms with E-state index in [0.717, 1.165) is 9.13 Å². The Kier molecular flexibility index (Phi) is 7.48. The summed E-state index contributed by atoms with van der Waals surface area (Å²) >= 11 is 10.7. The van der Waals surface area contributed by atoms with Gasteiger partial charge in [0.05, 0.1) is 11.1 Å². The lowest BCUT2D eigenvalue weighted by Gasteiger charge is -2.25. The molecule has 30 heavy (non-hydrogen) atoms. The van der Waals surface area contributed by atoms with Crippen molar-refractivity contribution in [2.24, 2.45) is 0 Å². The highest BCUT2D eigenvalue weighted by molar-refractivity contribution is 14.1. The Labute approximate surface area is 201 Å². The average molecular weight is 601 g/mol. The second kappa shape index (κ2) is 9.88. The lowest BCUT2D eigenvalue weighted by molar-refractivity contribution is -0.128. The van der Waals surface area contributed by atoms with Crippen molar-refractivity contribution in [2.75, 3.05) is 13.7 Å². The standard InChI is InChI=1S/C21H18BrIN2O4S/c1-3-28-17-10-13(8-15-19(26)24-21(30)25(2)20(15)27)9-16(22)18(17)29-11-12-4-6-14(23)7-5-12/h4-10H,3,11H2,1-2H3,(H,24,26,30)/b15-8+. The molecule has 1 heterocycles. The van der Waals surface area contributed by atoms with Crippen molar-refractivity contribution in [3.63, 3.8) is 0 Å². The van der Waals surface area contributed by atoms with Crippen molar-refractivity contribution in [1.29, 1.82) is 0 Å². The first kappa shape index (κ1) is 22.7. The van der Waals surface area contributed by atoms with Gasteiger partial charge in [0.15, 0.2) is 16.6 Å². The molecule has 0 saturated carbocycles. The number of rotatable bonds is 6. The highest BCUT2D eigenvalue weighted by atomic mass is 127. The minimum Gasteiger partial charge on any atom is -0.490 e. The number of amides is 2. The third kappa shape index (κ3) is 5.19. The summed E-state index contributed by atoms with van der Waals surface area (Å²) in [5.74, 6) is 0.0696. The molecule has 0 bridgehead atoms. The van der Waals surface area contributed by atoms with Crippen LogP contribution in [0.4, 0.5) is 0 Å². The highest BCUT2D eigenvalue weighted by Crippen LogP contribution is 2.38. The first-order valence-corrected chi connectivity index (χ1v) is 11.3. The van der Waals surface area contributed by atoms with Crippen LogP contribution in [0, 0.1) is 3.57 Å². The van der Waals surface area contributed by atoms with Crippen LogP contribution in [0.1, 0.15) is 18.1 Å². The number of nitrogens with zero attached hydrogens (tertiary/aromatic N) is 1. The summed E-state index contributed by atoms with van der Waals surface area (Å²) in [4.78, 5) is 25.9. The zero-order chi connectivity index (χ0) is 21.8. The minimum absolute atomic E-state index is 0.00648. The fraction of sp³-hybridized carbons (Fsp3) is 0.190. The Morgan fingerprint density at radius 2 is 1.90 bits per heavy atom. The molecule has 0 radical (unpaired) electrons. The molecule has 0 aromatic heterocycles. The molecule has 0 spiro atoms. The SMILES string of the molecule is CCOc1cc(/C=C2\C(=O)NC(=S)N(C)C2=O)cc(Br)c1OCc1ccc(I)cc1. The van der Waals surface area contributed by atoms with Crippen LogP contribution in [0.15, 0.2) is 46.4 Å². The summed E-state index contributed by atoms with van der Waals surface area (Å²) in [6, 6.07) is 11.5. The Bertz CT molecular complexity index is 1040. The van der Waals surface area contributed by atoms with Gasteiger partial charge in [-0.1, -0.05) is 12.1 Å². The predicted molar refractivity (Wildman–Crippen MR) is 130 cm³/mol. The van der Waals surface area contributed by atoms with Crippen molar-refractivity contribution in [3.05, 3.63) is 61.1 Å². The molecular formula is C21H18BrIN2O4S. The first-order valence-electron chi connectivity index (χ1n) is 8.98. The smallest absolute Gasteiger partial charge is 0.265 e. The van der Waals surface area contributed by atoms with Gasteiger partial charge in [0.1, 0.15) is 12.2 Å². The second-order valence-electron chi connectivity index (χ2n) is 6.36. The molecule has 9 heteroatoms. The van der Waals surface area contributed by atoms with Gasteiger partial charge >= 0.3 is 0 Å². The number of thiocarbonyl (C=S) groups is 1. The number of carbonyl (C=O) groups is 2. The van der Waals surface area contributed by atoms with E-state index in [1.54, 1.807) is 12.1 Å². The number of hydrogen-bond donors (Lipinski definition) is 1. The van der Waals surface area contributed by atoms with Gasteiger partial charge in [0, 0.05) is 10.6 Å². The number of nitrogens with one attached hydrogen (secondary N) is 1. The maximum Gasteiger partial charge on any atom is 0.265 e. The largest absolute Gasteiger partial charge is 0.490 e. The Hall–Kier alpha value is -1.98. The molecule has 1 saturated heterocycles. The summed E-state index contributed by atoms with van der Waals surface area (Å²) in [5, 5.41) is 2.58. The molecule has 6 nitrogen and oxygen atoms in total. The van der Waals surface area contributed by atoms with Gasteiger partial charge in [-0.15, -0.1) is 0 Å². The molecule has 2 aromatic carbocycles. The third-order valence-electron chi connectivity index (χ3n) is 4.24. The van der Waals surface area contributed by atoms with E-state index in [1.807, 2.05) is 31.2 Å². The fourth-order valence-electron chi connectivity index (χ4n) is 2.72. The van der Waals surface area contributed by atoms with Crippen LogP contribution in [0.5, 0.6) is 11.5 Å². The van der Waals surface area contributed by atoms with Gasteiger partial charge in [-0.05, 0) is 99.1 Å². The normalized spacial score (nSPS) is 15.4. The molecule has 1 aliphatic rings. The molecule has 0 atom stereocenters. The molecular weight excluding hydrogens is 583 g/mol. The van der Waals surface area contributed by atoms with Crippen molar-refractivity contribution >= 4 is 73.7 Å². The van der Waals surface area contributed by atoms with Crippen LogP contribution in [0.2, 0.25) is 0 Å². The third-order valence-corrected chi connectivity index (χ3v) is 5.93. The van der Waals surface area contributed by atoms with Crippen molar-refractivity contribution < 1.29 is 19.1 Å². The summed E-state index contributed by atoms with van der Waals surface area (Å²) in [7, 11) is 1.51. The topological polar surface area (TPSA) is 67.9 Å². The number of ether oxygens (including phenoxy) is 2. The predicted octanol–water partition coefficient (Wildman–Crippen LogP) is 4.29. The van der Waals surface area contributed by atoms with Crippen molar-refractivity contribution in [3.8, 4) is 11.5 Å². The van der Waals surface area contributed by atoms with E-state index in [-0.39, 0.29) is 10.7 Å². The maximum absolute atomic E-state index is 12.4. The molecule has 1 fully saturated rings.